The van der Waals surface area contributed by atoms with Crippen molar-refractivity contribution in [1.29, 1.82) is 0 Å². The molecule has 1 amide bonds. The lowest BCUT2D eigenvalue weighted by Crippen LogP contribution is -2.26. The van der Waals surface area contributed by atoms with E-state index in [0.717, 1.165) is 10.7 Å². The van der Waals surface area contributed by atoms with Gasteiger partial charge in [0.2, 0.25) is 6.39 Å². The van der Waals surface area contributed by atoms with Gasteiger partial charge in [0.05, 0.1) is 17.2 Å². The van der Waals surface area contributed by atoms with Gasteiger partial charge in [0.15, 0.2) is 5.82 Å². The molecule has 7 heteroatoms. The highest BCUT2D eigenvalue weighted by molar-refractivity contribution is 7.13. The Balaban J connectivity index is 2.12. The molecule has 0 atom stereocenters. The zero-order chi connectivity index (χ0) is 12.4. The molecule has 2 aromatic heterocycles. The third-order valence-corrected chi connectivity index (χ3v) is 3.29. The molecule has 0 unspecified atom stereocenters. The summed E-state index contributed by atoms with van der Waals surface area (Å²) in [5.41, 5.74) is 0.762. The Kier molecular flexibility index (Phi) is 3.19. The van der Waals surface area contributed by atoms with E-state index in [1.54, 1.807) is 11.9 Å². The molecule has 0 saturated heterocycles. The lowest BCUT2D eigenvalue weighted by molar-refractivity contribution is 0.0784. The van der Waals surface area contributed by atoms with Crippen LogP contribution in [0.4, 0.5) is 0 Å². The Morgan fingerprint density at radius 3 is 2.82 bits per heavy atom. The van der Waals surface area contributed by atoms with E-state index in [9.17, 15) is 4.79 Å². The van der Waals surface area contributed by atoms with Gasteiger partial charge < -0.3 is 9.42 Å². The molecule has 0 radical (unpaired) electrons. The van der Waals surface area contributed by atoms with E-state index in [-0.39, 0.29) is 5.91 Å². The number of hydrogen-bond donors (Lipinski definition) is 0. The Morgan fingerprint density at radius 1 is 1.53 bits per heavy atom. The number of thiazole rings is 1. The number of carbonyl (C=O) groups excluding carboxylic acids is 1. The van der Waals surface area contributed by atoms with Crippen molar-refractivity contribution in [3.63, 3.8) is 0 Å². The van der Waals surface area contributed by atoms with Crippen LogP contribution in [0.2, 0.25) is 0 Å². The zero-order valence-electron chi connectivity index (χ0n) is 9.80. The fourth-order valence-electron chi connectivity index (χ4n) is 1.45. The second kappa shape index (κ2) is 4.62. The minimum atomic E-state index is -0.0714. The topological polar surface area (TPSA) is 72.1 Å². The van der Waals surface area contributed by atoms with E-state index in [1.165, 1.54) is 17.7 Å². The number of aromatic nitrogens is 3. The van der Waals surface area contributed by atoms with Crippen LogP contribution in [0.15, 0.2) is 10.9 Å². The standard InChI is InChI=1S/C10H12N4O2S/c1-6-9(17-7(2)12-6)10(15)14(3)4-8-11-5-16-13-8/h5H,4H2,1-3H3. The molecule has 2 rings (SSSR count). The molecule has 0 fully saturated rings. The SMILES string of the molecule is Cc1nc(C)c(C(=O)N(C)Cc2ncon2)s1. The molecule has 2 aromatic rings. The number of rotatable bonds is 3. The fourth-order valence-corrected chi connectivity index (χ4v) is 2.36. The highest BCUT2D eigenvalue weighted by Crippen LogP contribution is 2.19. The van der Waals surface area contributed by atoms with Gasteiger partial charge in [0.25, 0.3) is 5.91 Å². The van der Waals surface area contributed by atoms with Crippen LogP contribution in [0.1, 0.15) is 26.2 Å². The van der Waals surface area contributed by atoms with E-state index in [2.05, 4.69) is 19.6 Å². The summed E-state index contributed by atoms with van der Waals surface area (Å²) in [5, 5.41) is 4.56. The number of nitrogens with zero attached hydrogens (tertiary/aromatic N) is 4. The van der Waals surface area contributed by atoms with Gasteiger partial charge in [-0.2, -0.15) is 4.98 Å². The lowest BCUT2D eigenvalue weighted by Gasteiger charge is -2.13. The van der Waals surface area contributed by atoms with Crippen molar-refractivity contribution in [2.45, 2.75) is 20.4 Å². The summed E-state index contributed by atoms with van der Waals surface area (Å²) >= 11 is 1.40. The minimum Gasteiger partial charge on any atom is -0.343 e. The zero-order valence-corrected chi connectivity index (χ0v) is 10.6. The molecule has 0 aliphatic heterocycles. The predicted octanol–water partition coefficient (Wildman–Crippen LogP) is 1.42. The Hall–Kier alpha value is -1.76. The summed E-state index contributed by atoms with van der Waals surface area (Å²) in [6, 6.07) is 0. The van der Waals surface area contributed by atoms with Gasteiger partial charge in [0.1, 0.15) is 4.88 Å². The average molecular weight is 252 g/mol. The molecule has 2 heterocycles. The van der Waals surface area contributed by atoms with Crippen molar-refractivity contribution in [2.75, 3.05) is 7.05 Å². The van der Waals surface area contributed by atoms with Crippen molar-refractivity contribution >= 4 is 17.2 Å². The number of hydrogen-bond acceptors (Lipinski definition) is 6. The van der Waals surface area contributed by atoms with Crippen molar-refractivity contribution in [3.05, 3.63) is 27.8 Å². The summed E-state index contributed by atoms with van der Waals surface area (Å²) in [6.45, 7) is 4.04. The summed E-state index contributed by atoms with van der Waals surface area (Å²) in [6.07, 6.45) is 1.25. The van der Waals surface area contributed by atoms with Gasteiger partial charge in [-0.15, -0.1) is 11.3 Å². The summed E-state index contributed by atoms with van der Waals surface area (Å²) < 4.78 is 4.62. The first-order chi connectivity index (χ1) is 8.08. The smallest absolute Gasteiger partial charge is 0.266 e. The number of carbonyl (C=O) groups is 1. The molecular weight excluding hydrogens is 240 g/mol. The third-order valence-electron chi connectivity index (χ3n) is 2.23. The second-order valence-corrected chi connectivity index (χ2v) is 4.86. The van der Waals surface area contributed by atoms with Crippen LogP contribution in [-0.4, -0.2) is 33.0 Å². The molecule has 6 nitrogen and oxygen atoms in total. The first kappa shape index (κ1) is 11.7. The van der Waals surface area contributed by atoms with Crippen molar-refractivity contribution in [3.8, 4) is 0 Å². The van der Waals surface area contributed by atoms with Crippen LogP contribution in [0.3, 0.4) is 0 Å². The minimum absolute atomic E-state index is 0.0714. The number of aryl methyl sites for hydroxylation is 2. The summed E-state index contributed by atoms with van der Waals surface area (Å²) in [7, 11) is 1.70. The van der Waals surface area contributed by atoms with Gasteiger partial charge in [-0.05, 0) is 13.8 Å². The van der Waals surface area contributed by atoms with Gasteiger partial charge in [-0.1, -0.05) is 5.16 Å². The first-order valence-corrected chi connectivity index (χ1v) is 5.84. The summed E-state index contributed by atoms with van der Waals surface area (Å²) in [4.78, 5) is 22.4. The molecule has 17 heavy (non-hydrogen) atoms. The largest absolute Gasteiger partial charge is 0.343 e. The number of amides is 1. The Labute approximate surface area is 102 Å². The molecule has 0 aromatic carbocycles. The van der Waals surface area contributed by atoms with Gasteiger partial charge in [0, 0.05) is 7.05 Å². The van der Waals surface area contributed by atoms with Crippen molar-refractivity contribution in [2.24, 2.45) is 0 Å². The highest BCUT2D eigenvalue weighted by atomic mass is 32.1. The molecule has 0 bridgehead atoms. The monoisotopic (exact) mass is 252 g/mol. The Bertz CT molecular complexity index is 520. The van der Waals surface area contributed by atoms with Crippen LogP contribution < -0.4 is 0 Å². The summed E-state index contributed by atoms with van der Waals surface area (Å²) in [5.74, 6) is 0.414. The lowest BCUT2D eigenvalue weighted by atomic mass is 10.3. The van der Waals surface area contributed by atoms with Crippen molar-refractivity contribution < 1.29 is 9.32 Å². The van der Waals surface area contributed by atoms with Crippen LogP contribution in [0.5, 0.6) is 0 Å². The quantitative estimate of drug-likeness (QED) is 0.826. The molecule has 0 spiro atoms. The molecule has 0 N–H and O–H groups in total. The van der Waals surface area contributed by atoms with Gasteiger partial charge in [-0.3, -0.25) is 4.79 Å². The van der Waals surface area contributed by atoms with E-state index < -0.39 is 0 Å². The van der Waals surface area contributed by atoms with Crippen molar-refractivity contribution in [1.82, 2.24) is 20.0 Å². The normalized spacial score (nSPS) is 10.5. The second-order valence-electron chi connectivity index (χ2n) is 3.66. The van der Waals surface area contributed by atoms with E-state index in [4.69, 9.17) is 0 Å². The van der Waals surface area contributed by atoms with Crippen LogP contribution in [-0.2, 0) is 6.54 Å². The van der Waals surface area contributed by atoms with E-state index in [1.807, 2.05) is 13.8 Å². The van der Waals surface area contributed by atoms with E-state index >= 15 is 0 Å². The average Bonchev–Trinajstić information content (AvgIpc) is 2.87. The van der Waals surface area contributed by atoms with Gasteiger partial charge >= 0.3 is 0 Å². The van der Waals surface area contributed by atoms with Crippen LogP contribution >= 0.6 is 11.3 Å². The maximum Gasteiger partial charge on any atom is 0.266 e. The van der Waals surface area contributed by atoms with E-state index in [0.29, 0.717) is 17.2 Å². The highest BCUT2D eigenvalue weighted by Gasteiger charge is 2.19. The maximum absolute atomic E-state index is 12.1. The maximum atomic E-state index is 12.1. The molecule has 0 saturated carbocycles. The molecule has 0 aliphatic carbocycles. The predicted molar refractivity (Wildman–Crippen MR) is 61.7 cm³/mol. The molecule has 90 valence electrons. The fraction of sp³-hybridized carbons (Fsp3) is 0.400. The van der Waals surface area contributed by atoms with Crippen LogP contribution in [0.25, 0.3) is 0 Å². The molecular formula is C10H12N4O2S. The third kappa shape index (κ3) is 2.50. The van der Waals surface area contributed by atoms with Gasteiger partial charge in [-0.25, -0.2) is 4.98 Å². The first-order valence-electron chi connectivity index (χ1n) is 5.02. The Morgan fingerprint density at radius 2 is 2.29 bits per heavy atom. The van der Waals surface area contributed by atoms with Crippen LogP contribution in [0, 0.1) is 13.8 Å². The molecule has 0 aliphatic rings.